The summed E-state index contributed by atoms with van der Waals surface area (Å²) in [7, 11) is 0. The molecule has 0 spiro atoms. The zero-order chi connectivity index (χ0) is 24.5. The maximum absolute atomic E-state index is 13.9. The highest BCUT2D eigenvalue weighted by molar-refractivity contribution is 7.80. The Morgan fingerprint density at radius 3 is 2.18 bits per heavy atom. The number of carbonyl (C=O) groups is 2. The molecule has 0 radical (unpaired) electrons. The molecule has 172 valence electrons. The first-order valence-corrected chi connectivity index (χ1v) is 10.2. The summed E-state index contributed by atoms with van der Waals surface area (Å²) in [4.78, 5) is 26.5. The van der Waals surface area contributed by atoms with Crippen LogP contribution in [-0.4, -0.2) is 16.9 Å². The van der Waals surface area contributed by atoms with Gasteiger partial charge in [-0.05, 0) is 72.4 Å². The van der Waals surface area contributed by atoms with Gasteiger partial charge in [-0.2, -0.15) is 13.2 Å². The number of amides is 2. The van der Waals surface area contributed by atoms with Crippen LogP contribution >= 0.6 is 12.2 Å². The highest BCUT2D eigenvalue weighted by atomic mass is 32.1. The highest BCUT2D eigenvalue weighted by Crippen LogP contribution is 2.32. The van der Waals surface area contributed by atoms with Gasteiger partial charge in [-0.3, -0.25) is 19.8 Å². The van der Waals surface area contributed by atoms with Crippen LogP contribution in [0.25, 0.3) is 6.08 Å². The molecule has 1 aliphatic rings. The molecule has 1 heterocycles. The first-order valence-electron chi connectivity index (χ1n) is 9.74. The normalized spacial score (nSPS) is 15.5. The molecule has 3 aromatic carbocycles. The molecule has 2 amide bonds. The van der Waals surface area contributed by atoms with E-state index in [1.165, 1.54) is 0 Å². The van der Waals surface area contributed by atoms with Gasteiger partial charge in [0, 0.05) is 0 Å². The van der Waals surface area contributed by atoms with Crippen LogP contribution < -0.4 is 15.0 Å². The van der Waals surface area contributed by atoms with Crippen LogP contribution in [0.1, 0.15) is 11.1 Å². The third kappa shape index (κ3) is 4.81. The number of anilines is 1. The molecular formula is C24H14F4N2O3S. The van der Waals surface area contributed by atoms with Crippen LogP contribution in [0.15, 0.2) is 78.4 Å². The summed E-state index contributed by atoms with van der Waals surface area (Å²) in [6.07, 6.45) is -3.87. The molecule has 0 unspecified atom stereocenters. The zero-order valence-corrected chi connectivity index (χ0v) is 17.9. The molecular weight excluding hydrogens is 472 g/mol. The minimum atomic E-state index is -4.87. The fraction of sp³-hybridized carbons (Fsp3) is 0.0417. The van der Waals surface area contributed by atoms with Crippen molar-refractivity contribution in [1.29, 1.82) is 0 Å². The van der Waals surface area contributed by atoms with Crippen LogP contribution in [0.4, 0.5) is 23.2 Å². The number of hydrogen-bond donors (Lipinski definition) is 1. The van der Waals surface area contributed by atoms with Gasteiger partial charge in [-0.25, -0.2) is 4.39 Å². The Morgan fingerprint density at radius 1 is 0.912 bits per heavy atom. The van der Waals surface area contributed by atoms with E-state index in [1.54, 1.807) is 36.4 Å². The minimum absolute atomic E-state index is 0.0941. The molecule has 0 bridgehead atoms. The SMILES string of the molecule is O=C1NC(=S)N(c2ccc(Oc3ccccc3)cc2)C(=O)C1=Cc1ccc(C(F)(F)F)c(F)c1. The number of rotatable bonds is 4. The zero-order valence-electron chi connectivity index (χ0n) is 17.1. The average Bonchev–Trinajstić information content (AvgIpc) is 2.77. The third-order valence-corrected chi connectivity index (χ3v) is 5.07. The van der Waals surface area contributed by atoms with E-state index < -0.39 is 34.9 Å². The van der Waals surface area contributed by atoms with E-state index in [1.807, 2.05) is 18.2 Å². The highest BCUT2D eigenvalue weighted by Gasteiger charge is 2.36. The lowest BCUT2D eigenvalue weighted by Crippen LogP contribution is -2.54. The number of nitrogens with one attached hydrogen (secondary N) is 1. The predicted molar refractivity (Wildman–Crippen MR) is 121 cm³/mol. The molecule has 0 atom stereocenters. The Hall–Kier alpha value is -4.05. The lowest BCUT2D eigenvalue weighted by Gasteiger charge is -2.29. The van der Waals surface area contributed by atoms with E-state index in [4.69, 9.17) is 17.0 Å². The second-order valence-electron chi connectivity index (χ2n) is 7.10. The lowest BCUT2D eigenvalue weighted by atomic mass is 10.0. The summed E-state index contributed by atoms with van der Waals surface area (Å²) in [5.74, 6) is -2.08. The van der Waals surface area contributed by atoms with Crippen LogP contribution in [0, 0.1) is 5.82 Å². The molecule has 1 N–H and O–H groups in total. The predicted octanol–water partition coefficient (Wildman–Crippen LogP) is 5.47. The minimum Gasteiger partial charge on any atom is -0.457 e. The quantitative estimate of drug-likeness (QED) is 0.230. The van der Waals surface area contributed by atoms with E-state index >= 15 is 0 Å². The van der Waals surface area contributed by atoms with E-state index in [9.17, 15) is 27.2 Å². The topological polar surface area (TPSA) is 58.6 Å². The standard InChI is InChI=1S/C24H14F4N2O3S/c25-20-13-14(6-11-19(20)24(26,27)28)12-18-21(31)29-23(34)30(22(18)32)15-7-9-17(10-8-15)33-16-4-2-1-3-5-16/h1-13H,(H,29,31,34). The van der Waals surface area contributed by atoms with Crippen LogP contribution in [0.3, 0.4) is 0 Å². The maximum Gasteiger partial charge on any atom is 0.419 e. The van der Waals surface area contributed by atoms with Crippen LogP contribution in [0.2, 0.25) is 0 Å². The van der Waals surface area contributed by atoms with Crippen molar-refractivity contribution in [2.75, 3.05) is 4.90 Å². The molecule has 10 heteroatoms. The van der Waals surface area contributed by atoms with Gasteiger partial charge >= 0.3 is 6.18 Å². The van der Waals surface area contributed by atoms with E-state index in [0.717, 1.165) is 17.0 Å². The van der Waals surface area contributed by atoms with Gasteiger partial charge in [0.15, 0.2) is 5.11 Å². The van der Waals surface area contributed by atoms with Crippen molar-refractivity contribution in [2.45, 2.75) is 6.18 Å². The van der Waals surface area contributed by atoms with E-state index in [2.05, 4.69) is 5.32 Å². The Bertz CT molecular complexity index is 1310. The summed E-state index contributed by atoms with van der Waals surface area (Å²) in [5, 5.41) is 2.18. The summed E-state index contributed by atoms with van der Waals surface area (Å²) in [6, 6.07) is 17.4. The lowest BCUT2D eigenvalue weighted by molar-refractivity contribution is -0.140. The van der Waals surface area contributed by atoms with Gasteiger partial charge in [0.1, 0.15) is 22.9 Å². The number of thiocarbonyl (C=S) groups is 1. The van der Waals surface area contributed by atoms with Gasteiger partial charge in [0.2, 0.25) is 0 Å². The number of halogens is 4. The Balaban J connectivity index is 1.60. The average molecular weight is 486 g/mol. The molecule has 34 heavy (non-hydrogen) atoms. The Labute approximate surface area is 196 Å². The van der Waals surface area contributed by atoms with E-state index in [-0.39, 0.29) is 10.7 Å². The van der Waals surface area contributed by atoms with Crippen molar-refractivity contribution < 1.29 is 31.9 Å². The van der Waals surface area contributed by atoms with E-state index in [0.29, 0.717) is 29.3 Å². The number of ether oxygens (including phenoxy) is 1. The van der Waals surface area contributed by atoms with Crippen molar-refractivity contribution in [3.63, 3.8) is 0 Å². The molecule has 1 saturated heterocycles. The summed E-state index contributed by atoms with van der Waals surface area (Å²) >= 11 is 5.13. The van der Waals surface area contributed by atoms with Gasteiger partial charge in [0.05, 0.1) is 11.3 Å². The summed E-state index contributed by atoms with van der Waals surface area (Å²) in [6.45, 7) is 0. The van der Waals surface area contributed by atoms with Crippen LogP contribution in [-0.2, 0) is 15.8 Å². The van der Waals surface area contributed by atoms with Gasteiger partial charge in [-0.1, -0.05) is 24.3 Å². The molecule has 0 aromatic heterocycles. The fourth-order valence-electron chi connectivity index (χ4n) is 3.20. The van der Waals surface area contributed by atoms with Crippen molar-refractivity contribution in [2.24, 2.45) is 0 Å². The smallest absolute Gasteiger partial charge is 0.419 e. The second kappa shape index (κ2) is 9.06. The maximum atomic E-state index is 13.9. The van der Waals surface area contributed by atoms with Crippen LogP contribution in [0.5, 0.6) is 11.5 Å². The first kappa shape index (κ1) is 23.1. The first-order chi connectivity index (χ1) is 16.1. The van der Waals surface area contributed by atoms with Gasteiger partial charge in [0.25, 0.3) is 11.8 Å². The van der Waals surface area contributed by atoms with Gasteiger partial charge in [-0.15, -0.1) is 0 Å². The van der Waals surface area contributed by atoms with Crippen molar-refractivity contribution in [1.82, 2.24) is 5.32 Å². The molecule has 1 fully saturated rings. The number of carbonyl (C=O) groups excluding carboxylic acids is 2. The third-order valence-electron chi connectivity index (χ3n) is 4.79. The second-order valence-corrected chi connectivity index (χ2v) is 7.49. The molecule has 0 aliphatic carbocycles. The number of nitrogens with zero attached hydrogens (tertiary/aromatic N) is 1. The molecule has 0 saturated carbocycles. The van der Waals surface area contributed by atoms with Crippen molar-refractivity contribution >= 4 is 40.9 Å². The fourth-order valence-corrected chi connectivity index (χ4v) is 3.48. The molecule has 4 rings (SSSR count). The number of hydrogen-bond acceptors (Lipinski definition) is 4. The number of benzene rings is 3. The molecule has 3 aromatic rings. The summed E-state index contributed by atoms with van der Waals surface area (Å²) in [5.41, 5.74) is -1.64. The van der Waals surface area contributed by atoms with Gasteiger partial charge < -0.3 is 4.74 Å². The summed E-state index contributed by atoms with van der Waals surface area (Å²) < 4.78 is 58.0. The number of para-hydroxylation sites is 1. The monoisotopic (exact) mass is 486 g/mol. The largest absolute Gasteiger partial charge is 0.457 e. The van der Waals surface area contributed by atoms with Crippen molar-refractivity contribution in [3.05, 3.63) is 95.3 Å². The number of alkyl halides is 3. The Kier molecular flexibility index (Phi) is 6.16. The molecule has 1 aliphatic heterocycles. The van der Waals surface area contributed by atoms with Crippen molar-refractivity contribution in [3.8, 4) is 11.5 Å². The Morgan fingerprint density at radius 2 is 1.56 bits per heavy atom. The molecule has 5 nitrogen and oxygen atoms in total.